The molecule has 0 atom stereocenters. The van der Waals surface area contributed by atoms with E-state index in [1.54, 1.807) is 30.3 Å². The Morgan fingerprint density at radius 1 is 1.00 bits per heavy atom. The maximum absolute atomic E-state index is 11.0. The molecule has 2 aromatic carbocycles. The van der Waals surface area contributed by atoms with Crippen LogP contribution in [0.5, 0.6) is 23.0 Å². The summed E-state index contributed by atoms with van der Waals surface area (Å²) in [7, 11) is 1.39. The van der Waals surface area contributed by atoms with Gasteiger partial charge in [-0.05, 0) is 50.2 Å². The highest BCUT2D eigenvalue weighted by molar-refractivity contribution is 5.51. The Kier molecular flexibility index (Phi) is 4.83. The molecule has 0 aliphatic heterocycles. The molecule has 0 amide bonds. The summed E-state index contributed by atoms with van der Waals surface area (Å²) in [6.45, 7) is 3.89. The van der Waals surface area contributed by atoms with Gasteiger partial charge >= 0.3 is 5.69 Å². The summed E-state index contributed by atoms with van der Waals surface area (Å²) in [5.41, 5.74) is -0.139. The lowest BCUT2D eigenvalue weighted by Crippen LogP contribution is -2.05. The van der Waals surface area contributed by atoms with Crippen molar-refractivity contribution in [2.45, 2.75) is 20.0 Å². The monoisotopic (exact) mass is 303 g/mol. The topological polar surface area (TPSA) is 70.8 Å². The zero-order valence-corrected chi connectivity index (χ0v) is 12.6. The van der Waals surface area contributed by atoms with E-state index in [9.17, 15) is 10.1 Å². The van der Waals surface area contributed by atoms with Crippen molar-refractivity contribution >= 4 is 5.69 Å². The number of benzene rings is 2. The van der Waals surface area contributed by atoms with Crippen LogP contribution in [0.4, 0.5) is 5.69 Å². The molecule has 0 unspecified atom stereocenters. The molecule has 0 aliphatic rings. The first-order valence-electron chi connectivity index (χ1n) is 6.76. The van der Waals surface area contributed by atoms with Gasteiger partial charge in [-0.25, -0.2) is 0 Å². The van der Waals surface area contributed by atoms with E-state index in [2.05, 4.69) is 0 Å². The Balaban J connectivity index is 2.16. The van der Waals surface area contributed by atoms with Gasteiger partial charge < -0.3 is 14.2 Å². The van der Waals surface area contributed by atoms with Gasteiger partial charge in [0.05, 0.1) is 24.2 Å². The Morgan fingerprint density at radius 3 is 2.14 bits per heavy atom. The second-order valence-corrected chi connectivity index (χ2v) is 4.83. The third kappa shape index (κ3) is 3.88. The van der Waals surface area contributed by atoms with Crippen LogP contribution in [0.15, 0.2) is 42.5 Å². The van der Waals surface area contributed by atoms with E-state index in [0.717, 1.165) is 5.75 Å². The number of nitrogens with zero attached hydrogens (tertiary/aromatic N) is 1. The number of hydrogen-bond acceptors (Lipinski definition) is 5. The maximum Gasteiger partial charge on any atom is 0.314 e. The molecule has 0 heterocycles. The van der Waals surface area contributed by atoms with Gasteiger partial charge in [0, 0.05) is 0 Å². The van der Waals surface area contributed by atoms with Gasteiger partial charge in [0.2, 0.25) is 0 Å². The highest BCUT2D eigenvalue weighted by Gasteiger charge is 2.16. The molecule has 2 aromatic rings. The number of hydrogen-bond donors (Lipinski definition) is 0. The van der Waals surface area contributed by atoms with E-state index in [1.165, 1.54) is 19.2 Å². The third-order valence-electron chi connectivity index (χ3n) is 2.78. The zero-order chi connectivity index (χ0) is 16.1. The molecule has 0 aliphatic carbocycles. The Morgan fingerprint density at radius 2 is 1.59 bits per heavy atom. The number of rotatable bonds is 6. The quantitative estimate of drug-likeness (QED) is 0.591. The van der Waals surface area contributed by atoms with Crippen molar-refractivity contribution in [2.75, 3.05) is 7.11 Å². The average molecular weight is 303 g/mol. The van der Waals surface area contributed by atoms with Crippen molar-refractivity contribution in [3.8, 4) is 23.0 Å². The average Bonchev–Trinajstić information content (AvgIpc) is 2.48. The molecule has 22 heavy (non-hydrogen) atoms. The van der Waals surface area contributed by atoms with Crippen molar-refractivity contribution in [1.29, 1.82) is 0 Å². The van der Waals surface area contributed by atoms with Crippen molar-refractivity contribution in [3.05, 3.63) is 52.6 Å². The van der Waals surface area contributed by atoms with E-state index in [1.807, 2.05) is 13.8 Å². The molecule has 0 fully saturated rings. The predicted molar refractivity (Wildman–Crippen MR) is 81.9 cm³/mol. The highest BCUT2D eigenvalue weighted by Crippen LogP contribution is 2.33. The standard InChI is InChI=1S/C16H17NO5/c1-11(2)21-12-4-6-13(7-5-12)22-14-8-9-16(20-3)15(10-14)17(18)19/h4-11H,1-3H3. The lowest BCUT2D eigenvalue weighted by atomic mass is 10.2. The molecule has 0 N–H and O–H groups in total. The fraction of sp³-hybridized carbons (Fsp3) is 0.250. The minimum absolute atomic E-state index is 0.0935. The van der Waals surface area contributed by atoms with E-state index >= 15 is 0 Å². The Hall–Kier alpha value is -2.76. The van der Waals surface area contributed by atoms with Crippen LogP contribution < -0.4 is 14.2 Å². The Labute approximate surface area is 128 Å². The second kappa shape index (κ2) is 6.80. The van der Waals surface area contributed by atoms with E-state index in [0.29, 0.717) is 11.5 Å². The number of nitro benzene ring substituents is 1. The molecule has 0 bridgehead atoms. The van der Waals surface area contributed by atoms with Crippen molar-refractivity contribution in [1.82, 2.24) is 0 Å². The van der Waals surface area contributed by atoms with Crippen LogP contribution in [-0.2, 0) is 0 Å². The minimum atomic E-state index is -0.509. The van der Waals surface area contributed by atoms with Crippen LogP contribution >= 0.6 is 0 Å². The number of nitro groups is 1. The molecule has 6 heteroatoms. The number of ether oxygens (including phenoxy) is 3. The first-order valence-corrected chi connectivity index (χ1v) is 6.76. The lowest BCUT2D eigenvalue weighted by molar-refractivity contribution is -0.385. The summed E-state index contributed by atoms with van der Waals surface area (Å²) in [4.78, 5) is 10.5. The molecule has 0 spiro atoms. The van der Waals surface area contributed by atoms with E-state index < -0.39 is 4.92 Å². The summed E-state index contributed by atoms with van der Waals surface area (Å²) in [6, 6.07) is 11.5. The van der Waals surface area contributed by atoms with Gasteiger partial charge in [-0.3, -0.25) is 10.1 Å². The number of methoxy groups -OCH3 is 1. The summed E-state index contributed by atoms with van der Waals surface area (Å²) in [5.74, 6) is 1.86. The van der Waals surface area contributed by atoms with Crippen molar-refractivity contribution in [2.24, 2.45) is 0 Å². The highest BCUT2D eigenvalue weighted by atomic mass is 16.6. The molecule has 0 radical (unpaired) electrons. The molecule has 116 valence electrons. The first-order chi connectivity index (χ1) is 10.5. The van der Waals surface area contributed by atoms with Crippen LogP contribution in [0.2, 0.25) is 0 Å². The van der Waals surface area contributed by atoms with Gasteiger partial charge in [0.15, 0.2) is 5.75 Å². The van der Waals surface area contributed by atoms with Crippen molar-refractivity contribution < 1.29 is 19.1 Å². The van der Waals surface area contributed by atoms with Crippen molar-refractivity contribution in [3.63, 3.8) is 0 Å². The second-order valence-electron chi connectivity index (χ2n) is 4.83. The molecular weight excluding hydrogens is 286 g/mol. The van der Waals surface area contributed by atoms with E-state index in [-0.39, 0.29) is 17.5 Å². The zero-order valence-electron chi connectivity index (χ0n) is 12.6. The molecule has 0 aromatic heterocycles. The van der Waals surface area contributed by atoms with Gasteiger partial charge in [0.1, 0.15) is 17.2 Å². The smallest absolute Gasteiger partial charge is 0.314 e. The van der Waals surface area contributed by atoms with E-state index in [4.69, 9.17) is 14.2 Å². The normalized spacial score (nSPS) is 10.4. The molecule has 0 saturated heterocycles. The van der Waals surface area contributed by atoms with Gasteiger partial charge in [0.25, 0.3) is 0 Å². The first kappa shape index (κ1) is 15.6. The van der Waals surface area contributed by atoms with Crippen LogP contribution in [0, 0.1) is 10.1 Å². The summed E-state index contributed by atoms with van der Waals surface area (Å²) >= 11 is 0. The van der Waals surface area contributed by atoms with Crippen LogP contribution in [-0.4, -0.2) is 18.1 Å². The van der Waals surface area contributed by atoms with Crippen LogP contribution in [0.1, 0.15) is 13.8 Å². The minimum Gasteiger partial charge on any atom is -0.491 e. The summed E-state index contributed by atoms with van der Waals surface area (Å²) in [6.07, 6.45) is 0.0935. The molecule has 2 rings (SSSR count). The van der Waals surface area contributed by atoms with Gasteiger partial charge in [-0.1, -0.05) is 0 Å². The fourth-order valence-electron chi connectivity index (χ4n) is 1.87. The fourth-order valence-corrected chi connectivity index (χ4v) is 1.87. The summed E-state index contributed by atoms with van der Waals surface area (Å²) < 4.78 is 16.1. The largest absolute Gasteiger partial charge is 0.491 e. The lowest BCUT2D eigenvalue weighted by Gasteiger charge is -2.11. The SMILES string of the molecule is COc1ccc(Oc2ccc(OC(C)C)cc2)cc1[N+](=O)[O-]. The maximum atomic E-state index is 11.0. The molecular formula is C16H17NO5. The van der Waals surface area contributed by atoms with Crippen LogP contribution in [0.3, 0.4) is 0 Å². The molecule has 6 nitrogen and oxygen atoms in total. The Bertz CT molecular complexity index is 652. The summed E-state index contributed by atoms with van der Waals surface area (Å²) in [5, 5.41) is 11.0. The van der Waals surface area contributed by atoms with Crippen LogP contribution in [0.25, 0.3) is 0 Å². The third-order valence-corrected chi connectivity index (χ3v) is 2.78. The van der Waals surface area contributed by atoms with Gasteiger partial charge in [-0.2, -0.15) is 0 Å². The predicted octanol–water partition coefficient (Wildman–Crippen LogP) is 4.18. The van der Waals surface area contributed by atoms with Gasteiger partial charge in [-0.15, -0.1) is 0 Å². The molecule has 0 saturated carbocycles.